The van der Waals surface area contributed by atoms with Crippen molar-refractivity contribution < 1.29 is 9.18 Å². The van der Waals surface area contributed by atoms with Gasteiger partial charge in [0.15, 0.2) is 6.29 Å². The van der Waals surface area contributed by atoms with Gasteiger partial charge < -0.3 is 9.97 Å². The van der Waals surface area contributed by atoms with Crippen molar-refractivity contribution in [2.24, 2.45) is 0 Å². The van der Waals surface area contributed by atoms with Gasteiger partial charge in [-0.3, -0.25) is 4.79 Å². The van der Waals surface area contributed by atoms with Crippen molar-refractivity contribution in [2.75, 3.05) is 0 Å². The smallest absolute Gasteiger partial charge is 0.170 e. The van der Waals surface area contributed by atoms with Gasteiger partial charge in [-0.2, -0.15) is 0 Å². The molecule has 2 aromatic heterocycles. The number of carbonyl (C=O) groups excluding carboxylic acids is 1. The molecule has 0 aliphatic carbocycles. The lowest BCUT2D eigenvalue weighted by Crippen LogP contribution is -1.88. The topological polar surface area (TPSA) is 61.5 Å². The molecule has 2 N–H and O–H groups in total. The van der Waals surface area contributed by atoms with Crippen LogP contribution < -0.4 is 0 Å². The predicted molar refractivity (Wildman–Crippen MR) is 66.0 cm³/mol. The molecule has 0 atom stereocenters. The number of carbonyl (C=O) groups is 1. The summed E-state index contributed by atoms with van der Waals surface area (Å²) in [7, 11) is 0. The second-order valence-electron chi connectivity index (χ2n) is 4.08. The Hall–Kier alpha value is -2.43. The number of benzene rings is 1. The first kappa shape index (κ1) is 10.7. The van der Waals surface area contributed by atoms with E-state index < -0.39 is 0 Å². The van der Waals surface area contributed by atoms with Crippen molar-refractivity contribution >= 4 is 17.2 Å². The third-order valence-corrected chi connectivity index (χ3v) is 2.96. The summed E-state index contributed by atoms with van der Waals surface area (Å²) in [5.41, 5.74) is 2.03. The van der Waals surface area contributed by atoms with E-state index in [2.05, 4.69) is 15.0 Å². The third-order valence-electron chi connectivity index (χ3n) is 2.96. The van der Waals surface area contributed by atoms with Crippen LogP contribution >= 0.6 is 0 Å². The first-order valence-electron chi connectivity index (χ1n) is 5.48. The zero-order valence-electron chi connectivity index (χ0n) is 9.62. The van der Waals surface area contributed by atoms with Gasteiger partial charge in [0.1, 0.15) is 17.3 Å². The molecular weight excluding hydrogens is 233 g/mol. The molecule has 3 aromatic rings. The summed E-state index contributed by atoms with van der Waals surface area (Å²) < 4.78 is 14.3. The molecule has 0 fully saturated rings. The number of aldehydes is 1. The highest BCUT2D eigenvalue weighted by Gasteiger charge is 2.14. The minimum Gasteiger partial charge on any atom is -0.361 e. The van der Waals surface area contributed by atoms with Gasteiger partial charge in [-0.15, -0.1) is 0 Å². The minimum atomic E-state index is -0.347. The number of hydrogen-bond acceptors (Lipinski definition) is 2. The maximum Gasteiger partial charge on any atom is 0.170 e. The number of aromatic nitrogens is 3. The third kappa shape index (κ3) is 1.44. The Morgan fingerprint density at radius 2 is 2.17 bits per heavy atom. The van der Waals surface area contributed by atoms with Crippen LogP contribution in [0.2, 0.25) is 0 Å². The van der Waals surface area contributed by atoms with Gasteiger partial charge in [-0.25, -0.2) is 9.37 Å². The van der Waals surface area contributed by atoms with Crippen LogP contribution in [0.4, 0.5) is 4.39 Å². The van der Waals surface area contributed by atoms with E-state index in [9.17, 15) is 9.18 Å². The first-order valence-corrected chi connectivity index (χ1v) is 5.48. The van der Waals surface area contributed by atoms with E-state index in [1.807, 2.05) is 0 Å². The zero-order valence-corrected chi connectivity index (χ0v) is 9.62. The number of H-pyrrole nitrogens is 2. The van der Waals surface area contributed by atoms with Crippen LogP contribution in [0.15, 0.2) is 24.4 Å². The van der Waals surface area contributed by atoms with Crippen molar-refractivity contribution in [3.8, 4) is 11.4 Å². The van der Waals surface area contributed by atoms with Gasteiger partial charge >= 0.3 is 0 Å². The number of nitrogens with one attached hydrogen (secondary N) is 2. The van der Waals surface area contributed by atoms with Gasteiger partial charge in [0.25, 0.3) is 0 Å². The monoisotopic (exact) mass is 243 g/mol. The number of aromatic amines is 2. The van der Waals surface area contributed by atoms with Crippen LogP contribution in [0, 0.1) is 12.7 Å². The van der Waals surface area contributed by atoms with Crippen LogP contribution in [0.5, 0.6) is 0 Å². The number of aryl methyl sites for hydroxylation is 1. The molecule has 1 aromatic carbocycles. The van der Waals surface area contributed by atoms with Gasteiger partial charge in [-0.05, 0) is 25.1 Å². The van der Waals surface area contributed by atoms with Gasteiger partial charge in [-0.1, -0.05) is 0 Å². The zero-order chi connectivity index (χ0) is 12.7. The quantitative estimate of drug-likeness (QED) is 0.680. The summed E-state index contributed by atoms with van der Waals surface area (Å²) in [6, 6.07) is 5.10. The summed E-state index contributed by atoms with van der Waals surface area (Å²) in [6.45, 7) is 1.73. The van der Waals surface area contributed by atoms with Crippen molar-refractivity contribution in [3.05, 3.63) is 41.6 Å². The summed E-state index contributed by atoms with van der Waals surface area (Å²) in [5.74, 6) is 0.0233. The van der Waals surface area contributed by atoms with E-state index in [-0.39, 0.29) is 5.82 Å². The Balaban J connectivity index is 2.24. The van der Waals surface area contributed by atoms with E-state index in [1.54, 1.807) is 31.3 Å². The largest absolute Gasteiger partial charge is 0.361 e. The number of imidazole rings is 1. The van der Waals surface area contributed by atoms with E-state index in [0.717, 1.165) is 5.52 Å². The summed E-state index contributed by atoms with van der Waals surface area (Å²) in [5, 5.41) is 0.509. The van der Waals surface area contributed by atoms with Gasteiger partial charge in [0, 0.05) is 22.8 Å². The van der Waals surface area contributed by atoms with Crippen LogP contribution in [0.25, 0.3) is 22.3 Å². The molecule has 0 bridgehead atoms. The average molecular weight is 243 g/mol. The molecule has 0 radical (unpaired) electrons. The number of nitrogens with zero attached hydrogens (tertiary/aromatic N) is 1. The highest BCUT2D eigenvalue weighted by Crippen LogP contribution is 2.27. The van der Waals surface area contributed by atoms with Crippen LogP contribution in [0.1, 0.15) is 16.2 Å². The lowest BCUT2D eigenvalue weighted by atomic mass is 10.1. The van der Waals surface area contributed by atoms with Crippen LogP contribution in [0.3, 0.4) is 0 Å². The molecule has 0 aliphatic rings. The average Bonchev–Trinajstić information content (AvgIpc) is 2.96. The Bertz CT molecular complexity index is 742. The molecule has 0 saturated carbocycles. The Morgan fingerprint density at radius 3 is 2.89 bits per heavy atom. The Labute approximate surface area is 102 Å². The standard InChI is InChI=1S/C13H10FN3O/c1-7-11(6-18)17-13(16-7)9-2-3-10-8(12(9)14)4-5-15-10/h2-6,15H,1H3,(H,16,17). The number of hydrogen-bond donors (Lipinski definition) is 2. The van der Waals surface area contributed by atoms with Crippen molar-refractivity contribution in [3.63, 3.8) is 0 Å². The van der Waals surface area contributed by atoms with E-state index >= 15 is 0 Å². The molecule has 0 aliphatic heterocycles. The van der Waals surface area contributed by atoms with Crippen molar-refractivity contribution in [2.45, 2.75) is 6.92 Å². The summed E-state index contributed by atoms with van der Waals surface area (Å²) >= 11 is 0. The SMILES string of the molecule is Cc1[nH]c(-c2ccc3[nH]ccc3c2F)nc1C=O. The highest BCUT2D eigenvalue weighted by atomic mass is 19.1. The lowest BCUT2D eigenvalue weighted by Gasteiger charge is -2.00. The molecule has 0 saturated heterocycles. The minimum absolute atomic E-state index is 0.304. The number of rotatable bonds is 2. The Kier molecular flexibility index (Phi) is 2.26. The maximum atomic E-state index is 14.3. The van der Waals surface area contributed by atoms with Crippen molar-refractivity contribution in [1.29, 1.82) is 0 Å². The normalized spacial score (nSPS) is 11.0. The fourth-order valence-electron chi connectivity index (χ4n) is 2.00. The number of fused-ring (bicyclic) bond motifs is 1. The lowest BCUT2D eigenvalue weighted by molar-refractivity contribution is 0.111. The molecule has 3 rings (SSSR count). The predicted octanol–water partition coefficient (Wildman–Crippen LogP) is 2.82. The van der Waals surface area contributed by atoms with E-state index in [1.165, 1.54) is 0 Å². The maximum absolute atomic E-state index is 14.3. The summed E-state index contributed by atoms with van der Waals surface area (Å²) in [6.07, 6.45) is 2.34. The highest BCUT2D eigenvalue weighted by molar-refractivity contribution is 5.85. The van der Waals surface area contributed by atoms with E-state index in [0.29, 0.717) is 34.4 Å². The molecule has 18 heavy (non-hydrogen) atoms. The number of halogens is 1. The molecule has 0 spiro atoms. The molecule has 5 heteroatoms. The first-order chi connectivity index (χ1) is 8.70. The van der Waals surface area contributed by atoms with Crippen LogP contribution in [-0.4, -0.2) is 21.2 Å². The molecule has 2 heterocycles. The van der Waals surface area contributed by atoms with Crippen molar-refractivity contribution in [1.82, 2.24) is 15.0 Å². The fraction of sp³-hybridized carbons (Fsp3) is 0.0769. The molecule has 4 nitrogen and oxygen atoms in total. The second kappa shape index (κ2) is 3.80. The molecule has 0 amide bonds. The molecule has 0 unspecified atom stereocenters. The van der Waals surface area contributed by atoms with Crippen LogP contribution in [-0.2, 0) is 0 Å². The summed E-state index contributed by atoms with van der Waals surface area (Å²) in [4.78, 5) is 20.7. The van der Waals surface area contributed by atoms with Gasteiger partial charge in [0.2, 0.25) is 0 Å². The Morgan fingerprint density at radius 1 is 1.33 bits per heavy atom. The van der Waals surface area contributed by atoms with E-state index in [4.69, 9.17) is 0 Å². The second-order valence-corrected chi connectivity index (χ2v) is 4.08. The molecular formula is C13H10FN3O. The molecule has 90 valence electrons. The van der Waals surface area contributed by atoms with Gasteiger partial charge in [0.05, 0.1) is 5.56 Å². The fourth-order valence-corrected chi connectivity index (χ4v) is 2.00.